The third-order valence-electron chi connectivity index (χ3n) is 4.96. The Morgan fingerprint density at radius 1 is 1.15 bits per heavy atom. The summed E-state index contributed by atoms with van der Waals surface area (Å²) in [5, 5.41) is 0. The van der Waals surface area contributed by atoms with Crippen LogP contribution in [0, 0.1) is 0 Å². The van der Waals surface area contributed by atoms with E-state index in [9.17, 15) is 9.18 Å². The molecule has 1 fully saturated rings. The highest BCUT2D eigenvalue weighted by Gasteiger charge is 2.13. The van der Waals surface area contributed by atoms with E-state index in [2.05, 4.69) is 17.0 Å². The van der Waals surface area contributed by atoms with Crippen LogP contribution >= 0.6 is 0 Å². The number of rotatable bonds is 8. The zero-order valence-corrected chi connectivity index (χ0v) is 15.8. The highest BCUT2D eigenvalue weighted by molar-refractivity contribution is 5.97. The molecule has 0 atom stereocenters. The molecule has 3 nitrogen and oxygen atoms in total. The molecule has 0 unspecified atom stereocenters. The van der Waals surface area contributed by atoms with Crippen LogP contribution in [0.15, 0.2) is 60.4 Å². The monoisotopic (exact) mass is 367 g/mol. The Morgan fingerprint density at radius 3 is 2.56 bits per heavy atom. The van der Waals surface area contributed by atoms with Gasteiger partial charge in [-0.05, 0) is 66.8 Å². The standard InChI is InChI=1S/C23H26FNO2/c1-2-18(16-24)17-27-22-10-8-20(9-11-22)23(26)15-19-6-5-7-21(14-19)25-12-3-4-13-25/h5-11,14,16H,2-4,12-13,15,17H2,1H3. The van der Waals surface area contributed by atoms with Crippen molar-refractivity contribution < 1.29 is 13.9 Å². The molecular weight excluding hydrogens is 341 g/mol. The zero-order valence-electron chi connectivity index (χ0n) is 15.8. The van der Waals surface area contributed by atoms with Gasteiger partial charge < -0.3 is 9.64 Å². The van der Waals surface area contributed by atoms with Gasteiger partial charge in [0.2, 0.25) is 0 Å². The summed E-state index contributed by atoms with van der Waals surface area (Å²) in [4.78, 5) is 15.0. The minimum absolute atomic E-state index is 0.0815. The van der Waals surface area contributed by atoms with E-state index in [1.807, 2.05) is 19.1 Å². The van der Waals surface area contributed by atoms with Gasteiger partial charge in [0.15, 0.2) is 5.78 Å². The third-order valence-corrected chi connectivity index (χ3v) is 4.96. The normalized spacial score (nSPS) is 14.4. The second kappa shape index (κ2) is 9.36. The number of halogens is 1. The second-order valence-corrected chi connectivity index (χ2v) is 6.90. The van der Waals surface area contributed by atoms with E-state index >= 15 is 0 Å². The van der Waals surface area contributed by atoms with Crippen LogP contribution in [0.5, 0.6) is 5.75 Å². The van der Waals surface area contributed by atoms with Crippen LogP contribution in [-0.4, -0.2) is 25.5 Å². The molecule has 0 bridgehead atoms. The average Bonchev–Trinajstić information content (AvgIpc) is 3.24. The maximum Gasteiger partial charge on any atom is 0.167 e. The number of Topliss-reactive ketones (excluding diaryl/α,β-unsaturated/α-hetero) is 1. The van der Waals surface area contributed by atoms with Crippen LogP contribution in [0.2, 0.25) is 0 Å². The van der Waals surface area contributed by atoms with Crippen LogP contribution in [0.3, 0.4) is 0 Å². The largest absolute Gasteiger partial charge is 0.489 e. The van der Waals surface area contributed by atoms with E-state index < -0.39 is 0 Å². The molecule has 0 radical (unpaired) electrons. The molecule has 1 heterocycles. The van der Waals surface area contributed by atoms with Gasteiger partial charge in [-0.2, -0.15) is 0 Å². The number of ether oxygens (including phenoxy) is 1. The minimum atomic E-state index is 0.0815. The predicted molar refractivity (Wildman–Crippen MR) is 107 cm³/mol. The van der Waals surface area contributed by atoms with E-state index in [1.165, 1.54) is 18.5 Å². The SMILES string of the molecule is CCC(=CF)COc1ccc(C(=O)Cc2cccc(N3CCCC3)c2)cc1. The Labute approximate surface area is 160 Å². The Balaban J connectivity index is 1.60. The molecule has 0 N–H and O–H groups in total. The summed E-state index contributed by atoms with van der Waals surface area (Å²) < 4.78 is 18.1. The Hall–Kier alpha value is -2.62. The van der Waals surface area contributed by atoms with Crippen molar-refractivity contribution in [2.75, 3.05) is 24.6 Å². The van der Waals surface area contributed by atoms with E-state index in [0.717, 1.165) is 18.7 Å². The molecule has 0 saturated carbocycles. The lowest BCUT2D eigenvalue weighted by Gasteiger charge is -2.18. The predicted octanol–water partition coefficient (Wildman–Crippen LogP) is 5.35. The maximum absolute atomic E-state index is 12.6. The summed E-state index contributed by atoms with van der Waals surface area (Å²) in [6.45, 7) is 4.30. The van der Waals surface area contributed by atoms with Crippen LogP contribution in [0.25, 0.3) is 0 Å². The minimum Gasteiger partial charge on any atom is -0.489 e. The zero-order chi connectivity index (χ0) is 19.1. The van der Waals surface area contributed by atoms with Gasteiger partial charge in [0.05, 0.1) is 6.33 Å². The van der Waals surface area contributed by atoms with Gasteiger partial charge in [-0.25, -0.2) is 4.39 Å². The number of ketones is 1. The fraction of sp³-hybridized carbons (Fsp3) is 0.348. The maximum atomic E-state index is 12.6. The van der Waals surface area contributed by atoms with Gasteiger partial charge in [0.25, 0.3) is 0 Å². The summed E-state index contributed by atoms with van der Waals surface area (Å²) in [7, 11) is 0. The number of carbonyl (C=O) groups excluding carboxylic acids is 1. The van der Waals surface area contributed by atoms with Crippen molar-refractivity contribution in [1.82, 2.24) is 0 Å². The molecule has 0 spiro atoms. The lowest BCUT2D eigenvalue weighted by atomic mass is 10.0. The molecule has 0 aliphatic carbocycles. The number of hydrogen-bond acceptors (Lipinski definition) is 3. The van der Waals surface area contributed by atoms with E-state index in [1.54, 1.807) is 24.3 Å². The Morgan fingerprint density at radius 2 is 1.89 bits per heavy atom. The fourth-order valence-electron chi connectivity index (χ4n) is 3.25. The van der Waals surface area contributed by atoms with E-state index in [0.29, 0.717) is 36.1 Å². The number of benzene rings is 2. The summed E-state index contributed by atoms with van der Waals surface area (Å²) in [6, 6.07) is 15.3. The van der Waals surface area contributed by atoms with Gasteiger partial charge in [0, 0.05) is 30.8 Å². The van der Waals surface area contributed by atoms with Crippen LogP contribution in [-0.2, 0) is 6.42 Å². The van der Waals surface area contributed by atoms with Gasteiger partial charge in [-0.3, -0.25) is 4.79 Å². The van der Waals surface area contributed by atoms with E-state index in [4.69, 9.17) is 4.74 Å². The Kier molecular flexibility index (Phi) is 6.64. The summed E-state index contributed by atoms with van der Waals surface area (Å²) in [6.07, 6.45) is 4.06. The summed E-state index contributed by atoms with van der Waals surface area (Å²) in [5.74, 6) is 0.716. The van der Waals surface area contributed by atoms with Crippen molar-refractivity contribution in [3.8, 4) is 5.75 Å². The molecule has 142 valence electrons. The first-order valence-electron chi connectivity index (χ1n) is 9.57. The smallest absolute Gasteiger partial charge is 0.167 e. The van der Waals surface area contributed by atoms with Gasteiger partial charge in [-0.15, -0.1) is 0 Å². The van der Waals surface area contributed by atoms with Crippen molar-refractivity contribution in [2.45, 2.75) is 32.6 Å². The average molecular weight is 367 g/mol. The lowest BCUT2D eigenvalue weighted by Crippen LogP contribution is -2.17. The lowest BCUT2D eigenvalue weighted by molar-refractivity contribution is 0.0993. The van der Waals surface area contributed by atoms with Crippen LogP contribution < -0.4 is 9.64 Å². The first kappa shape index (κ1) is 19.2. The van der Waals surface area contributed by atoms with Gasteiger partial charge in [-0.1, -0.05) is 19.1 Å². The molecule has 1 aliphatic heterocycles. The summed E-state index contributed by atoms with van der Waals surface area (Å²) in [5.41, 5.74) is 3.50. The van der Waals surface area contributed by atoms with Crippen LogP contribution in [0.1, 0.15) is 42.1 Å². The van der Waals surface area contributed by atoms with Crippen molar-refractivity contribution in [1.29, 1.82) is 0 Å². The summed E-state index contributed by atoms with van der Waals surface area (Å²) >= 11 is 0. The topological polar surface area (TPSA) is 29.5 Å². The molecular formula is C23H26FNO2. The van der Waals surface area contributed by atoms with Crippen molar-refractivity contribution in [3.05, 3.63) is 71.6 Å². The van der Waals surface area contributed by atoms with Crippen molar-refractivity contribution in [2.24, 2.45) is 0 Å². The molecule has 2 aromatic rings. The molecule has 2 aromatic carbocycles. The van der Waals surface area contributed by atoms with Crippen LogP contribution in [0.4, 0.5) is 10.1 Å². The van der Waals surface area contributed by atoms with Gasteiger partial charge in [0.1, 0.15) is 12.4 Å². The highest BCUT2D eigenvalue weighted by atomic mass is 19.1. The molecule has 4 heteroatoms. The highest BCUT2D eigenvalue weighted by Crippen LogP contribution is 2.22. The third kappa shape index (κ3) is 5.19. The molecule has 1 aliphatic rings. The molecule has 27 heavy (non-hydrogen) atoms. The first-order valence-corrected chi connectivity index (χ1v) is 9.57. The van der Waals surface area contributed by atoms with E-state index in [-0.39, 0.29) is 12.4 Å². The first-order chi connectivity index (χ1) is 13.2. The molecule has 1 saturated heterocycles. The molecule has 0 aromatic heterocycles. The molecule has 0 amide bonds. The van der Waals surface area contributed by atoms with Crippen molar-refractivity contribution in [3.63, 3.8) is 0 Å². The number of carbonyl (C=O) groups is 1. The number of anilines is 1. The second-order valence-electron chi connectivity index (χ2n) is 6.90. The number of nitrogens with zero attached hydrogens (tertiary/aromatic N) is 1. The number of hydrogen-bond donors (Lipinski definition) is 0. The molecule has 3 rings (SSSR count). The fourth-order valence-corrected chi connectivity index (χ4v) is 3.25. The van der Waals surface area contributed by atoms with Gasteiger partial charge >= 0.3 is 0 Å². The Bertz CT molecular complexity index is 792. The quantitative estimate of drug-likeness (QED) is 0.589. The van der Waals surface area contributed by atoms with Crippen molar-refractivity contribution >= 4 is 11.5 Å².